The predicted molar refractivity (Wildman–Crippen MR) is 81.2 cm³/mol. The van der Waals surface area contributed by atoms with Crippen LogP contribution in [0.4, 0.5) is 0 Å². The zero-order valence-electron chi connectivity index (χ0n) is 10.7. The van der Waals surface area contributed by atoms with Crippen LogP contribution in [0.25, 0.3) is 11.0 Å². The Balaban J connectivity index is 2.12. The second-order valence-electron chi connectivity index (χ2n) is 4.61. The number of rotatable bonds is 2. The fourth-order valence-electron chi connectivity index (χ4n) is 2.15. The summed E-state index contributed by atoms with van der Waals surface area (Å²) in [6.07, 6.45) is 0. The molecule has 0 fully saturated rings. The highest BCUT2D eigenvalue weighted by Crippen LogP contribution is 2.24. The third-order valence-electron chi connectivity index (χ3n) is 3.21. The van der Waals surface area contributed by atoms with Crippen molar-refractivity contribution < 1.29 is 4.79 Å². The van der Waals surface area contributed by atoms with E-state index in [2.05, 4.69) is 25.9 Å². The molecule has 1 heterocycles. The lowest BCUT2D eigenvalue weighted by Gasteiger charge is -2.06. The molecule has 0 atom stereocenters. The van der Waals surface area contributed by atoms with Crippen molar-refractivity contribution in [1.82, 2.24) is 9.97 Å². The molecule has 1 aromatic heterocycles. The lowest BCUT2D eigenvalue weighted by atomic mass is 10.0. The molecule has 0 aliphatic rings. The van der Waals surface area contributed by atoms with Gasteiger partial charge in [-0.3, -0.25) is 4.79 Å². The van der Waals surface area contributed by atoms with Crippen LogP contribution in [0.15, 0.2) is 45.7 Å². The molecule has 4 nitrogen and oxygen atoms in total. The number of imidazole rings is 1. The van der Waals surface area contributed by atoms with Gasteiger partial charge in [-0.05, 0) is 52.7 Å². The van der Waals surface area contributed by atoms with Gasteiger partial charge >= 0.3 is 5.69 Å². The number of carbonyl (C=O) groups excluding carboxylic acids is 1. The fourth-order valence-corrected chi connectivity index (χ4v) is 2.60. The van der Waals surface area contributed by atoms with Crippen LogP contribution in [0.1, 0.15) is 21.5 Å². The Bertz CT molecular complexity index is 877. The molecule has 2 aromatic carbocycles. The molecule has 0 spiro atoms. The van der Waals surface area contributed by atoms with Gasteiger partial charge in [-0.25, -0.2) is 4.79 Å². The largest absolute Gasteiger partial charge is 0.323 e. The van der Waals surface area contributed by atoms with Gasteiger partial charge in [0.05, 0.1) is 11.0 Å². The third kappa shape index (κ3) is 2.10. The van der Waals surface area contributed by atoms with Crippen molar-refractivity contribution in [2.45, 2.75) is 6.92 Å². The van der Waals surface area contributed by atoms with E-state index < -0.39 is 0 Å². The predicted octanol–water partition coefficient (Wildman–Crippen LogP) is 3.16. The van der Waals surface area contributed by atoms with Crippen molar-refractivity contribution in [3.05, 3.63) is 68.0 Å². The van der Waals surface area contributed by atoms with Crippen LogP contribution >= 0.6 is 15.9 Å². The van der Waals surface area contributed by atoms with Gasteiger partial charge in [0.15, 0.2) is 5.78 Å². The molecule has 0 saturated heterocycles. The minimum absolute atomic E-state index is 0.0791. The summed E-state index contributed by atoms with van der Waals surface area (Å²) in [5.41, 5.74) is 3.20. The maximum Gasteiger partial charge on any atom is 0.323 e. The average Bonchev–Trinajstić information content (AvgIpc) is 2.80. The van der Waals surface area contributed by atoms with Gasteiger partial charge in [0.25, 0.3) is 0 Å². The van der Waals surface area contributed by atoms with Gasteiger partial charge in [-0.2, -0.15) is 0 Å². The van der Waals surface area contributed by atoms with Crippen LogP contribution in [0.3, 0.4) is 0 Å². The number of carbonyl (C=O) groups is 1. The first kappa shape index (κ1) is 12.9. The topological polar surface area (TPSA) is 65.7 Å². The maximum atomic E-state index is 12.5. The van der Waals surface area contributed by atoms with Gasteiger partial charge in [-0.1, -0.05) is 12.1 Å². The smallest absolute Gasteiger partial charge is 0.306 e. The number of benzene rings is 2. The number of aromatic amines is 2. The number of aryl methyl sites for hydroxylation is 1. The Morgan fingerprint density at radius 2 is 1.85 bits per heavy atom. The first-order valence-corrected chi connectivity index (χ1v) is 6.87. The van der Waals surface area contributed by atoms with Crippen LogP contribution in [0.2, 0.25) is 0 Å². The van der Waals surface area contributed by atoms with Crippen molar-refractivity contribution in [2.24, 2.45) is 0 Å². The van der Waals surface area contributed by atoms with E-state index in [-0.39, 0.29) is 11.5 Å². The Labute approximate surface area is 123 Å². The van der Waals surface area contributed by atoms with Crippen LogP contribution in [0.5, 0.6) is 0 Å². The number of hydrogen-bond donors (Lipinski definition) is 2. The third-order valence-corrected chi connectivity index (χ3v) is 4.27. The molecule has 5 heteroatoms. The van der Waals surface area contributed by atoms with E-state index in [1.807, 2.05) is 19.1 Å². The molecule has 3 aromatic rings. The molecule has 0 aliphatic carbocycles. The van der Waals surface area contributed by atoms with Crippen LogP contribution in [0, 0.1) is 6.92 Å². The minimum Gasteiger partial charge on any atom is -0.306 e. The molecule has 0 radical (unpaired) electrons. The first-order chi connectivity index (χ1) is 9.56. The molecule has 3 rings (SSSR count). The summed E-state index contributed by atoms with van der Waals surface area (Å²) in [6.45, 7) is 1.94. The van der Waals surface area contributed by atoms with E-state index in [0.29, 0.717) is 22.2 Å². The number of H-pyrrole nitrogens is 2. The van der Waals surface area contributed by atoms with Crippen LogP contribution in [-0.4, -0.2) is 15.8 Å². The van der Waals surface area contributed by atoms with E-state index >= 15 is 0 Å². The summed E-state index contributed by atoms with van der Waals surface area (Å²) in [7, 11) is 0. The lowest BCUT2D eigenvalue weighted by Crippen LogP contribution is -2.03. The Morgan fingerprint density at radius 3 is 2.65 bits per heavy atom. The number of halogens is 1. The zero-order valence-corrected chi connectivity index (χ0v) is 12.2. The van der Waals surface area contributed by atoms with Crippen LogP contribution in [-0.2, 0) is 0 Å². The normalized spacial score (nSPS) is 10.9. The van der Waals surface area contributed by atoms with E-state index in [1.54, 1.807) is 24.3 Å². The zero-order chi connectivity index (χ0) is 14.3. The molecule has 0 saturated carbocycles. The highest BCUT2D eigenvalue weighted by Gasteiger charge is 2.14. The van der Waals surface area contributed by atoms with Crippen LogP contribution < -0.4 is 5.69 Å². The van der Waals surface area contributed by atoms with Gasteiger partial charge in [-0.15, -0.1) is 0 Å². The Kier molecular flexibility index (Phi) is 3.06. The molecular weight excluding hydrogens is 320 g/mol. The Hall–Kier alpha value is -2.14. The summed E-state index contributed by atoms with van der Waals surface area (Å²) < 4.78 is 0.799. The SMILES string of the molecule is Cc1cccc(C(=O)c2ccc3[nH]c(=O)[nH]c3c2)c1Br. The average molecular weight is 331 g/mol. The second kappa shape index (κ2) is 4.76. The van der Waals surface area contributed by atoms with E-state index in [4.69, 9.17) is 0 Å². The molecule has 20 heavy (non-hydrogen) atoms. The van der Waals surface area contributed by atoms with Crippen molar-refractivity contribution >= 4 is 32.7 Å². The minimum atomic E-state index is -0.277. The number of aromatic nitrogens is 2. The summed E-state index contributed by atoms with van der Waals surface area (Å²) in [6, 6.07) is 10.7. The fraction of sp³-hybridized carbons (Fsp3) is 0.0667. The molecular formula is C15H11BrN2O2. The standard InChI is InChI=1S/C15H11BrN2O2/c1-8-3-2-4-10(13(8)16)14(19)9-5-6-11-12(7-9)18-15(20)17-11/h2-7H,1H3,(H2,17,18,20). The first-order valence-electron chi connectivity index (χ1n) is 6.08. The van der Waals surface area contributed by atoms with Gasteiger partial charge in [0, 0.05) is 15.6 Å². The number of nitrogens with one attached hydrogen (secondary N) is 2. The van der Waals surface area contributed by atoms with Crippen molar-refractivity contribution in [2.75, 3.05) is 0 Å². The molecule has 0 unspecified atom stereocenters. The van der Waals surface area contributed by atoms with Gasteiger partial charge in [0.1, 0.15) is 0 Å². The van der Waals surface area contributed by atoms with Crippen molar-refractivity contribution in [3.8, 4) is 0 Å². The maximum absolute atomic E-state index is 12.5. The van der Waals surface area contributed by atoms with Gasteiger partial charge < -0.3 is 9.97 Å². The molecule has 0 bridgehead atoms. The number of fused-ring (bicyclic) bond motifs is 1. The van der Waals surface area contributed by atoms with E-state index in [1.165, 1.54) is 0 Å². The van der Waals surface area contributed by atoms with E-state index in [9.17, 15) is 9.59 Å². The highest BCUT2D eigenvalue weighted by molar-refractivity contribution is 9.10. The Morgan fingerprint density at radius 1 is 1.10 bits per heavy atom. The summed E-state index contributed by atoms with van der Waals surface area (Å²) in [4.78, 5) is 29.1. The van der Waals surface area contributed by atoms with E-state index in [0.717, 1.165) is 10.0 Å². The number of ketones is 1. The summed E-state index contributed by atoms with van der Waals surface area (Å²) in [5, 5.41) is 0. The molecule has 100 valence electrons. The summed E-state index contributed by atoms with van der Waals surface area (Å²) in [5.74, 6) is -0.0791. The van der Waals surface area contributed by atoms with Crippen molar-refractivity contribution in [3.63, 3.8) is 0 Å². The number of hydrogen-bond acceptors (Lipinski definition) is 2. The lowest BCUT2D eigenvalue weighted by molar-refractivity contribution is 0.103. The van der Waals surface area contributed by atoms with Crippen molar-refractivity contribution in [1.29, 1.82) is 0 Å². The molecule has 2 N–H and O–H groups in total. The second-order valence-corrected chi connectivity index (χ2v) is 5.40. The quantitative estimate of drug-likeness (QED) is 0.709. The highest BCUT2D eigenvalue weighted by atomic mass is 79.9. The molecule has 0 amide bonds. The molecule has 0 aliphatic heterocycles. The summed E-state index contributed by atoms with van der Waals surface area (Å²) >= 11 is 3.45. The monoisotopic (exact) mass is 330 g/mol. The van der Waals surface area contributed by atoms with Gasteiger partial charge in [0.2, 0.25) is 0 Å².